The van der Waals surface area contributed by atoms with Gasteiger partial charge in [0.1, 0.15) is 0 Å². The first kappa shape index (κ1) is 21.0. The van der Waals surface area contributed by atoms with Crippen molar-refractivity contribution in [2.24, 2.45) is 46.3 Å². The van der Waals surface area contributed by atoms with Crippen molar-refractivity contribution in [2.75, 3.05) is 0 Å². The van der Waals surface area contributed by atoms with Crippen molar-refractivity contribution in [1.82, 2.24) is 0 Å². The molecular weight excluding hydrogens is 340 g/mol. The zero-order chi connectivity index (χ0) is 20.1. The van der Waals surface area contributed by atoms with Crippen LogP contribution in [-0.4, -0.2) is 11.2 Å². The van der Waals surface area contributed by atoms with Gasteiger partial charge in [0.15, 0.2) is 0 Å². The van der Waals surface area contributed by atoms with Gasteiger partial charge >= 0.3 is 0 Å². The summed E-state index contributed by atoms with van der Waals surface area (Å²) < 4.78 is 0. The Kier molecular flexibility index (Phi) is 5.80. The maximum absolute atomic E-state index is 10.2. The average Bonchev–Trinajstić information content (AvgIpc) is 2.99. The van der Waals surface area contributed by atoms with Crippen LogP contribution in [0.15, 0.2) is 11.6 Å². The van der Waals surface area contributed by atoms with Crippen LogP contribution in [0.2, 0.25) is 0 Å². The van der Waals surface area contributed by atoms with Crippen LogP contribution in [0.25, 0.3) is 0 Å². The molecule has 0 radical (unpaired) electrons. The highest BCUT2D eigenvalue weighted by Gasteiger charge is 2.59. The predicted octanol–water partition coefficient (Wildman–Crippen LogP) is 7.39. The number of hydrogen-bond donors (Lipinski definition) is 1. The minimum Gasteiger partial charge on any atom is -0.393 e. The molecule has 28 heavy (non-hydrogen) atoms. The van der Waals surface area contributed by atoms with Crippen LogP contribution in [0.5, 0.6) is 0 Å². The molecule has 160 valence electrons. The summed E-state index contributed by atoms with van der Waals surface area (Å²) >= 11 is 0. The Bertz CT molecular complexity index is 591. The summed E-state index contributed by atoms with van der Waals surface area (Å²) in [5.74, 6) is 5.46. The maximum Gasteiger partial charge on any atom is 0.0577 e. The minimum absolute atomic E-state index is 0.0766. The van der Waals surface area contributed by atoms with Gasteiger partial charge in [0.2, 0.25) is 0 Å². The molecule has 8 atom stereocenters. The highest BCUT2D eigenvalue weighted by atomic mass is 16.3. The van der Waals surface area contributed by atoms with E-state index in [2.05, 4.69) is 40.7 Å². The molecule has 0 aromatic heterocycles. The number of fused-ring (bicyclic) bond motifs is 5. The van der Waals surface area contributed by atoms with Crippen molar-refractivity contribution in [3.8, 4) is 0 Å². The first-order valence-corrected chi connectivity index (χ1v) is 12.6. The number of hydrogen-bond acceptors (Lipinski definition) is 1. The average molecular weight is 387 g/mol. The summed E-state index contributed by atoms with van der Waals surface area (Å²) in [6.45, 7) is 12.6. The molecule has 1 nitrogen and oxygen atoms in total. The molecule has 4 aliphatic rings. The molecule has 0 spiro atoms. The third kappa shape index (κ3) is 3.42. The van der Waals surface area contributed by atoms with E-state index in [1.165, 1.54) is 57.8 Å². The van der Waals surface area contributed by atoms with E-state index in [1.807, 2.05) is 0 Å². The van der Waals surface area contributed by atoms with E-state index in [9.17, 15) is 5.11 Å². The van der Waals surface area contributed by atoms with Crippen molar-refractivity contribution < 1.29 is 5.11 Å². The monoisotopic (exact) mass is 386 g/mol. The molecule has 1 heteroatoms. The van der Waals surface area contributed by atoms with Crippen molar-refractivity contribution in [1.29, 1.82) is 0 Å². The van der Waals surface area contributed by atoms with Gasteiger partial charge in [-0.3, -0.25) is 0 Å². The van der Waals surface area contributed by atoms with Gasteiger partial charge in [-0.1, -0.05) is 65.5 Å². The van der Waals surface area contributed by atoms with Crippen LogP contribution in [0.1, 0.15) is 105 Å². The fourth-order valence-electron chi connectivity index (χ4n) is 8.67. The van der Waals surface area contributed by atoms with Gasteiger partial charge in [0, 0.05) is 0 Å². The van der Waals surface area contributed by atoms with E-state index >= 15 is 0 Å². The highest BCUT2D eigenvalue weighted by Crippen LogP contribution is 2.67. The summed E-state index contributed by atoms with van der Waals surface area (Å²) in [5, 5.41) is 10.2. The summed E-state index contributed by atoms with van der Waals surface area (Å²) in [4.78, 5) is 0. The molecule has 3 saturated carbocycles. The smallest absolute Gasteiger partial charge is 0.0577 e. The van der Waals surface area contributed by atoms with Crippen molar-refractivity contribution >= 4 is 0 Å². The third-order valence-corrected chi connectivity index (χ3v) is 10.3. The van der Waals surface area contributed by atoms with Crippen molar-refractivity contribution in [3.63, 3.8) is 0 Å². The van der Waals surface area contributed by atoms with E-state index < -0.39 is 0 Å². The predicted molar refractivity (Wildman–Crippen MR) is 119 cm³/mol. The molecule has 1 N–H and O–H groups in total. The molecule has 0 amide bonds. The molecule has 0 heterocycles. The van der Waals surface area contributed by atoms with Crippen LogP contribution in [0, 0.1) is 46.3 Å². The molecule has 0 bridgehead atoms. The zero-order valence-electron chi connectivity index (χ0n) is 19.3. The van der Waals surface area contributed by atoms with E-state index in [0.717, 1.165) is 48.3 Å². The van der Waals surface area contributed by atoms with Crippen LogP contribution >= 0.6 is 0 Å². The molecule has 0 aromatic carbocycles. The van der Waals surface area contributed by atoms with Gasteiger partial charge in [0.25, 0.3) is 0 Å². The van der Waals surface area contributed by atoms with Gasteiger partial charge in [-0.05, 0) is 97.7 Å². The third-order valence-electron chi connectivity index (χ3n) is 10.3. The van der Waals surface area contributed by atoms with E-state index in [4.69, 9.17) is 0 Å². The fourth-order valence-corrected chi connectivity index (χ4v) is 8.67. The maximum atomic E-state index is 10.2. The van der Waals surface area contributed by atoms with E-state index in [-0.39, 0.29) is 6.10 Å². The summed E-state index contributed by atoms with van der Waals surface area (Å²) in [6.07, 6.45) is 17.2. The second kappa shape index (κ2) is 7.75. The Labute approximate surface area is 174 Å². The Morgan fingerprint density at radius 1 is 1.00 bits per heavy atom. The van der Waals surface area contributed by atoms with Crippen molar-refractivity contribution in [2.45, 2.75) is 111 Å². The Balaban J connectivity index is 1.49. The zero-order valence-corrected chi connectivity index (χ0v) is 19.3. The lowest BCUT2D eigenvalue weighted by atomic mass is 9.47. The first-order valence-electron chi connectivity index (χ1n) is 12.6. The lowest BCUT2D eigenvalue weighted by Crippen LogP contribution is -2.50. The number of allylic oxidation sites excluding steroid dienone is 1. The Hall–Kier alpha value is -0.300. The van der Waals surface area contributed by atoms with Gasteiger partial charge in [-0.25, -0.2) is 0 Å². The topological polar surface area (TPSA) is 20.2 Å². The molecule has 0 aliphatic heterocycles. The molecule has 3 fully saturated rings. The largest absolute Gasteiger partial charge is 0.393 e. The summed E-state index contributed by atoms with van der Waals surface area (Å²) in [5.41, 5.74) is 2.60. The number of rotatable bonds is 5. The molecule has 0 saturated heterocycles. The molecular formula is C27H46O. The summed E-state index contributed by atoms with van der Waals surface area (Å²) in [7, 11) is 0. The summed E-state index contributed by atoms with van der Waals surface area (Å²) in [6, 6.07) is 0. The second-order valence-corrected chi connectivity index (χ2v) is 12.2. The van der Waals surface area contributed by atoms with Crippen molar-refractivity contribution in [3.05, 3.63) is 11.6 Å². The second-order valence-electron chi connectivity index (χ2n) is 12.2. The number of aliphatic hydroxyl groups is 1. The first-order chi connectivity index (χ1) is 13.3. The van der Waals surface area contributed by atoms with E-state index in [0.29, 0.717) is 10.8 Å². The van der Waals surface area contributed by atoms with Gasteiger partial charge in [0.05, 0.1) is 6.10 Å². The Morgan fingerprint density at radius 3 is 2.54 bits per heavy atom. The Morgan fingerprint density at radius 2 is 1.79 bits per heavy atom. The number of aliphatic hydroxyl groups excluding tert-OH is 1. The highest BCUT2D eigenvalue weighted by molar-refractivity contribution is 5.25. The molecule has 0 aromatic rings. The molecule has 0 unspecified atom stereocenters. The standard InChI is InChI=1S/C27H46O/c1-18(2)7-6-8-19(3)23-11-12-24-22-10-9-20-17-21(28)13-15-26(20,4)25(22)14-16-27(23,24)5/h9,18-19,21-25,28H,6-8,10-17H2,1-5H3/t19-,21-,22+,23+,24-,25+,26-,27+/m0/s1. The van der Waals surface area contributed by atoms with Crippen LogP contribution in [-0.2, 0) is 0 Å². The SMILES string of the molecule is CC(C)CCC[C@H](C)[C@H]1CC[C@H]2[C@H]3CC=C4C[C@@H](O)CC[C@]4(C)[C@@H]3CC[C@]12C. The lowest BCUT2D eigenvalue weighted by molar-refractivity contribution is -0.0573. The van der Waals surface area contributed by atoms with Gasteiger partial charge in [-0.15, -0.1) is 0 Å². The lowest BCUT2D eigenvalue weighted by Gasteiger charge is -2.58. The van der Waals surface area contributed by atoms with Crippen LogP contribution in [0.4, 0.5) is 0 Å². The normalized spacial score (nSPS) is 46.5. The van der Waals surface area contributed by atoms with Crippen LogP contribution in [0.3, 0.4) is 0 Å². The quantitative estimate of drug-likeness (QED) is 0.488. The van der Waals surface area contributed by atoms with E-state index in [1.54, 1.807) is 5.57 Å². The van der Waals surface area contributed by atoms with Gasteiger partial charge in [-0.2, -0.15) is 0 Å². The van der Waals surface area contributed by atoms with Crippen LogP contribution < -0.4 is 0 Å². The van der Waals surface area contributed by atoms with Gasteiger partial charge < -0.3 is 5.11 Å². The fraction of sp³-hybridized carbons (Fsp3) is 0.926. The minimum atomic E-state index is -0.0766. The molecule has 4 aliphatic carbocycles. The molecule has 4 rings (SSSR count).